The molecular formula is C12H15ClN2O. The molecule has 1 N–H and O–H groups in total. The van der Waals surface area contributed by atoms with Gasteiger partial charge in [-0.15, -0.1) is 12.4 Å². The largest absolute Gasteiger partial charge is 0.324 e. The van der Waals surface area contributed by atoms with Crippen molar-refractivity contribution in [2.45, 2.75) is 20.3 Å². The molecule has 0 aromatic carbocycles. The standard InChI is InChI=1S/C12H14N2O.ClH/c1-3-10-8-11(9(2)13-12(10)15)14-6-4-5-7-14;/h4-8H,3H2,1-2H3,(H,13,15);1H. The average molecular weight is 239 g/mol. The van der Waals surface area contributed by atoms with Crippen LogP contribution >= 0.6 is 12.4 Å². The summed E-state index contributed by atoms with van der Waals surface area (Å²) in [5, 5.41) is 0. The van der Waals surface area contributed by atoms with E-state index in [4.69, 9.17) is 0 Å². The van der Waals surface area contributed by atoms with Crippen LogP contribution in [0.25, 0.3) is 5.69 Å². The summed E-state index contributed by atoms with van der Waals surface area (Å²) >= 11 is 0. The van der Waals surface area contributed by atoms with Gasteiger partial charge >= 0.3 is 0 Å². The topological polar surface area (TPSA) is 37.8 Å². The number of hydrogen-bond donors (Lipinski definition) is 1. The molecule has 0 aliphatic carbocycles. The van der Waals surface area contributed by atoms with Gasteiger partial charge in [0.2, 0.25) is 0 Å². The molecule has 0 saturated carbocycles. The normalized spacial score (nSPS) is 9.88. The van der Waals surface area contributed by atoms with Crippen LogP contribution in [0.3, 0.4) is 0 Å². The molecule has 2 aromatic heterocycles. The molecule has 2 rings (SSSR count). The van der Waals surface area contributed by atoms with Gasteiger partial charge in [-0.2, -0.15) is 0 Å². The number of hydrogen-bond acceptors (Lipinski definition) is 1. The molecule has 2 aromatic rings. The molecule has 0 radical (unpaired) electrons. The fourth-order valence-electron chi connectivity index (χ4n) is 1.68. The fourth-order valence-corrected chi connectivity index (χ4v) is 1.68. The van der Waals surface area contributed by atoms with Gasteiger partial charge in [0.15, 0.2) is 0 Å². The number of pyridine rings is 1. The summed E-state index contributed by atoms with van der Waals surface area (Å²) in [7, 11) is 0. The first-order valence-corrected chi connectivity index (χ1v) is 5.08. The van der Waals surface area contributed by atoms with E-state index < -0.39 is 0 Å². The summed E-state index contributed by atoms with van der Waals surface area (Å²) in [6, 6.07) is 5.89. The molecule has 0 bridgehead atoms. The number of H-pyrrole nitrogens is 1. The molecule has 0 aliphatic heterocycles. The number of aryl methyl sites for hydroxylation is 2. The molecule has 16 heavy (non-hydrogen) atoms. The molecule has 0 fully saturated rings. The van der Waals surface area contributed by atoms with Crippen molar-refractivity contribution in [3.63, 3.8) is 0 Å². The Kier molecular flexibility index (Phi) is 3.96. The predicted molar refractivity (Wildman–Crippen MR) is 67.8 cm³/mol. The Bertz CT molecular complexity index is 514. The lowest BCUT2D eigenvalue weighted by molar-refractivity contribution is 0.967. The molecule has 0 saturated heterocycles. The molecule has 4 heteroatoms. The SMILES string of the molecule is CCc1cc(-n2cccc2)c(C)[nH]c1=O.Cl. The molecule has 0 amide bonds. The number of nitrogens with one attached hydrogen (secondary N) is 1. The molecule has 3 nitrogen and oxygen atoms in total. The predicted octanol–water partition coefficient (Wildman–Crippen LogP) is 2.46. The second-order valence-corrected chi connectivity index (χ2v) is 3.58. The second-order valence-electron chi connectivity index (χ2n) is 3.58. The molecule has 0 unspecified atom stereocenters. The zero-order valence-electron chi connectivity index (χ0n) is 9.36. The summed E-state index contributed by atoms with van der Waals surface area (Å²) in [5.41, 5.74) is 2.78. The summed E-state index contributed by atoms with van der Waals surface area (Å²) in [6.45, 7) is 3.90. The highest BCUT2D eigenvalue weighted by molar-refractivity contribution is 5.85. The van der Waals surface area contributed by atoms with E-state index >= 15 is 0 Å². The van der Waals surface area contributed by atoms with Crippen LogP contribution in [0.15, 0.2) is 35.4 Å². The number of aromatic nitrogens is 2. The Balaban J connectivity index is 0.00000128. The van der Waals surface area contributed by atoms with Crippen LogP contribution in [-0.4, -0.2) is 9.55 Å². The van der Waals surface area contributed by atoms with Gasteiger partial charge in [-0.05, 0) is 31.5 Å². The molecular weight excluding hydrogens is 224 g/mol. The number of nitrogens with zero attached hydrogens (tertiary/aromatic N) is 1. The van der Waals surface area contributed by atoms with E-state index in [1.807, 2.05) is 49.0 Å². The van der Waals surface area contributed by atoms with E-state index in [1.54, 1.807) is 0 Å². The van der Waals surface area contributed by atoms with E-state index in [9.17, 15) is 4.79 Å². The zero-order valence-corrected chi connectivity index (χ0v) is 10.2. The van der Waals surface area contributed by atoms with Crippen LogP contribution in [0.1, 0.15) is 18.2 Å². The van der Waals surface area contributed by atoms with Crippen LogP contribution in [0, 0.1) is 6.92 Å². The minimum absolute atomic E-state index is 0. The fraction of sp³-hybridized carbons (Fsp3) is 0.250. The van der Waals surface area contributed by atoms with Crippen molar-refractivity contribution in [3.05, 3.63) is 52.2 Å². The maximum atomic E-state index is 11.5. The third-order valence-electron chi connectivity index (χ3n) is 2.55. The highest BCUT2D eigenvalue weighted by Gasteiger charge is 2.04. The average Bonchev–Trinajstić information content (AvgIpc) is 2.71. The lowest BCUT2D eigenvalue weighted by Crippen LogP contribution is -2.15. The van der Waals surface area contributed by atoms with Crippen molar-refractivity contribution >= 4 is 12.4 Å². The van der Waals surface area contributed by atoms with Crippen LogP contribution < -0.4 is 5.56 Å². The summed E-state index contributed by atoms with van der Waals surface area (Å²) in [5.74, 6) is 0. The summed E-state index contributed by atoms with van der Waals surface area (Å²) in [4.78, 5) is 14.4. The maximum Gasteiger partial charge on any atom is 0.251 e. The van der Waals surface area contributed by atoms with E-state index in [0.717, 1.165) is 23.4 Å². The van der Waals surface area contributed by atoms with Gasteiger partial charge in [0.1, 0.15) is 0 Å². The van der Waals surface area contributed by atoms with E-state index in [2.05, 4.69) is 4.98 Å². The zero-order chi connectivity index (χ0) is 10.8. The Labute approximate surface area is 101 Å². The quantitative estimate of drug-likeness (QED) is 0.858. The Morgan fingerprint density at radius 2 is 1.94 bits per heavy atom. The van der Waals surface area contributed by atoms with Gasteiger partial charge in [0, 0.05) is 23.7 Å². The molecule has 0 spiro atoms. The first-order valence-electron chi connectivity index (χ1n) is 5.08. The summed E-state index contributed by atoms with van der Waals surface area (Å²) < 4.78 is 2.00. The van der Waals surface area contributed by atoms with E-state index in [1.165, 1.54) is 0 Å². The Morgan fingerprint density at radius 1 is 1.31 bits per heavy atom. The van der Waals surface area contributed by atoms with Gasteiger partial charge in [-0.3, -0.25) is 4.79 Å². The maximum absolute atomic E-state index is 11.5. The Morgan fingerprint density at radius 3 is 2.50 bits per heavy atom. The molecule has 0 atom stereocenters. The van der Waals surface area contributed by atoms with E-state index in [-0.39, 0.29) is 18.0 Å². The molecule has 2 heterocycles. The van der Waals surface area contributed by atoms with Gasteiger partial charge in [0.05, 0.1) is 5.69 Å². The van der Waals surface area contributed by atoms with Crippen molar-refractivity contribution < 1.29 is 0 Å². The van der Waals surface area contributed by atoms with Gasteiger partial charge in [0.25, 0.3) is 5.56 Å². The number of aromatic amines is 1. The minimum Gasteiger partial charge on any atom is -0.324 e. The second kappa shape index (κ2) is 5.03. The summed E-state index contributed by atoms with van der Waals surface area (Å²) in [6.07, 6.45) is 4.70. The Hall–Kier alpha value is -1.48. The van der Waals surface area contributed by atoms with Crippen LogP contribution in [-0.2, 0) is 6.42 Å². The van der Waals surface area contributed by atoms with Crippen molar-refractivity contribution in [1.82, 2.24) is 9.55 Å². The van der Waals surface area contributed by atoms with Crippen molar-refractivity contribution in [2.24, 2.45) is 0 Å². The lowest BCUT2D eigenvalue weighted by Gasteiger charge is -2.08. The van der Waals surface area contributed by atoms with Crippen molar-refractivity contribution in [3.8, 4) is 5.69 Å². The van der Waals surface area contributed by atoms with Crippen LogP contribution in [0.5, 0.6) is 0 Å². The van der Waals surface area contributed by atoms with Crippen molar-refractivity contribution in [2.75, 3.05) is 0 Å². The highest BCUT2D eigenvalue weighted by atomic mass is 35.5. The third kappa shape index (κ3) is 2.19. The van der Waals surface area contributed by atoms with Gasteiger partial charge in [-0.1, -0.05) is 6.92 Å². The van der Waals surface area contributed by atoms with E-state index in [0.29, 0.717) is 0 Å². The smallest absolute Gasteiger partial charge is 0.251 e. The molecule has 0 aliphatic rings. The number of halogens is 1. The third-order valence-corrected chi connectivity index (χ3v) is 2.55. The first kappa shape index (κ1) is 12.6. The van der Waals surface area contributed by atoms with Crippen LogP contribution in [0.4, 0.5) is 0 Å². The van der Waals surface area contributed by atoms with Crippen LogP contribution in [0.2, 0.25) is 0 Å². The minimum atomic E-state index is 0. The van der Waals surface area contributed by atoms with Gasteiger partial charge < -0.3 is 9.55 Å². The lowest BCUT2D eigenvalue weighted by atomic mass is 10.2. The monoisotopic (exact) mass is 238 g/mol. The highest BCUT2D eigenvalue weighted by Crippen LogP contribution is 2.11. The van der Waals surface area contributed by atoms with Crippen molar-refractivity contribution in [1.29, 1.82) is 0 Å². The van der Waals surface area contributed by atoms with Gasteiger partial charge in [-0.25, -0.2) is 0 Å². The first-order chi connectivity index (χ1) is 7.22. The number of rotatable bonds is 2. The molecule has 86 valence electrons.